The van der Waals surface area contributed by atoms with Crippen LogP contribution in [0.15, 0.2) is 53.8 Å². The van der Waals surface area contributed by atoms with Crippen LogP contribution in [0.4, 0.5) is 0 Å². The lowest BCUT2D eigenvalue weighted by atomic mass is 10.1. The highest BCUT2D eigenvalue weighted by Crippen LogP contribution is 2.18. The number of carbonyl (C=O) groups is 1. The topological polar surface area (TPSA) is 46.4 Å². The SMILES string of the molecule is CCSc1ccc(CNC(=O)c2ccc3cncn3c2C)cc1. The van der Waals surface area contributed by atoms with Gasteiger partial charge in [0.15, 0.2) is 0 Å². The summed E-state index contributed by atoms with van der Waals surface area (Å²) in [5, 5.41) is 2.98. The molecule has 118 valence electrons. The molecular formula is C18H19N3OS. The Balaban J connectivity index is 1.69. The van der Waals surface area contributed by atoms with E-state index < -0.39 is 0 Å². The standard InChI is InChI=1S/C18H19N3OS/c1-3-23-16-7-4-14(5-8-16)10-20-18(22)17-9-6-15-11-19-12-21(15)13(17)2/h4-9,11-12H,3,10H2,1-2H3,(H,20,22). The Labute approximate surface area is 139 Å². The number of carbonyl (C=O) groups excluding carboxylic acids is 1. The van der Waals surface area contributed by atoms with Crippen LogP contribution in [0.3, 0.4) is 0 Å². The predicted molar refractivity (Wildman–Crippen MR) is 93.9 cm³/mol. The van der Waals surface area contributed by atoms with Crippen LogP contribution in [0, 0.1) is 6.92 Å². The molecule has 0 radical (unpaired) electrons. The largest absolute Gasteiger partial charge is 0.348 e. The van der Waals surface area contributed by atoms with E-state index in [-0.39, 0.29) is 5.91 Å². The molecule has 0 unspecified atom stereocenters. The van der Waals surface area contributed by atoms with E-state index in [0.717, 1.165) is 22.5 Å². The molecule has 3 rings (SSSR count). The number of amides is 1. The number of hydrogen-bond acceptors (Lipinski definition) is 3. The second-order valence-corrected chi connectivity index (χ2v) is 6.62. The smallest absolute Gasteiger partial charge is 0.253 e. The van der Waals surface area contributed by atoms with Gasteiger partial charge < -0.3 is 9.72 Å². The van der Waals surface area contributed by atoms with E-state index in [1.165, 1.54) is 4.90 Å². The predicted octanol–water partition coefficient (Wildman–Crippen LogP) is 3.68. The third kappa shape index (κ3) is 3.40. The van der Waals surface area contributed by atoms with E-state index in [1.54, 1.807) is 12.5 Å². The van der Waals surface area contributed by atoms with Gasteiger partial charge in [-0.15, -0.1) is 11.8 Å². The van der Waals surface area contributed by atoms with Crippen molar-refractivity contribution in [2.45, 2.75) is 25.3 Å². The van der Waals surface area contributed by atoms with E-state index in [1.807, 2.05) is 35.2 Å². The highest BCUT2D eigenvalue weighted by molar-refractivity contribution is 7.99. The van der Waals surface area contributed by atoms with Gasteiger partial charge in [-0.25, -0.2) is 4.98 Å². The first-order valence-electron chi connectivity index (χ1n) is 7.60. The van der Waals surface area contributed by atoms with Crippen molar-refractivity contribution in [1.29, 1.82) is 0 Å². The number of nitrogens with zero attached hydrogens (tertiary/aromatic N) is 2. The normalized spacial score (nSPS) is 10.9. The number of pyridine rings is 1. The average molecular weight is 325 g/mol. The molecule has 1 aromatic carbocycles. The Bertz CT molecular complexity index is 824. The average Bonchev–Trinajstić information content (AvgIpc) is 3.04. The Kier molecular flexibility index (Phi) is 4.67. The third-order valence-electron chi connectivity index (χ3n) is 3.77. The van der Waals surface area contributed by atoms with Gasteiger partial charge in [-0.2, -0.15) is 0 Å². The van der Waals surface area contributed by atoms with Crippen LogP contribution in [-0.2, 0) is 6.54 Å². The van der Waals surface area contributed by atoms with Gasteiger partial charge in [-0.3, -0.25) is 4.79 Å². The molecule has 3 aromatic rings. The fourth-order valence-corrected chi connectivity index (χ4v) is 3.18. The molecule has 0 aliphatic carbocycles. The van der Waals surface area contributed by atoms with E-state index >= 15 is 0 Å². The molecule has 0 aliphatic heterocycles. The highest BCUT2D eigenvalue weighted by atomic mass is 32.2. The number of hydrogen-bond donors (Lipinski definition) is 1. The van der Waals surface area contributed by atoms with Gasteiger partial charge in [0.25, 0.3) is 5.91 Å². The van der Waals surface area contributed by atoms with Gasteiger partial charge in [0, 0.05) is 17.1 Å². The summed E-state index contributed by atoms with van der Waals surface area (Å²) in [7, 11) is 0. The lowest BCUT2D eigenvalue weighted by Gasteiger charge is -2.10. The Hall–Kier alpha value is -2.27. The highest BCUT2D eigenvalue weighted by Gasteiger charge is 2.11. The Morgan fingerprint density at radius 2 is 2.00 bits per heavy atom. The van der Waals surface area contributed by atoms with Crippen LogP contribution < -0.4 is 5.32 Å². The summed E-state index contributed by atoms with van der Waals surface area (Å²) in [6, 6.07) is 12.1. The molecule has 0 aliphatic rings. The van der Waals surface area contributed by atoms with Crippen molar-refractivity contribution in [3.8, 4) is 0 Å². The Morgan fingerprint density at radius 1 is 1.22 bits per heavy atom. The van der Waals surface area contributed by atoms with Crippen LogP contribution >= 0.6 is 11.8 Å². The number of rotatable bonds is 5. The van der Waals surface area contributed by atoms with E-state index in [9.17, 15) is 4.79 Å². The molecule has 5 heteroatoms. The monoisotopic (exact) mass is 325 g/mol. The van der Waals surface area contributed by atoms with Crippen molar-refractivity contribution < 1.29 is 4.79 Å². The first-order valence-corrected chi connectivity index (χ1v) is 8.59. The fraction of sp³-hybridized carbons (Fsp3) is 0.222. The van der Waals surface area contributed by atoms with Crippen LogP contribution in [0.1, 0.15) is 28.5 Å². The lowest BCUT2D eigenvalue weighted by molar-refractivity contribution is 0.0950. The molecule has 4 nitrogen and oxygen atoms in total. The number of thioether (sulfide) groups is 1. The second-order valence-electron chi connectivity index (χ2n) is 5.28. The maximum absolute atomic E-state index is 12.4. The summed E-state index contributed by atoms with van der Waals surface area (Å²) in [6.45, 7) is 4.59. The van der Waals surface area contributed by atoms with Crippen LogP contribution in [-0.4, -0.2) is 21.0 Å². The van der Waals surface area contributed by atoms with Gasteiger partial charge in [0.05, 0.1) is 23.6 Å². The zero-order valence-corrected chi connectivity index (χ0v) is 14.1. The first-order chi connectivity index (χ1) is 11.2. The molecule has 2 aromatic heterocycles. The number of imidazole rings is 1. The van der Waals surface area contributed by atoms with Crippen LogP contribution in [0.5, 0.6) is 0 Å². The van der Waals surface area contributed by atoms with E-state index in [2.05, 4.69) is 41.5 Å². The van der Waals surface area contributed by atoms with Crippen molar-refractivity contribution >= 4 is 23.2 Å². The van der Waals surface area contributed by atoms with Gasteiger partial charge in [0.2, 0.25) is 0 Å². The minimum Gasteiger partial charge on any atom is -0.348 e. The van der Waals surface area contributed by atoms with Gasteiger partial charge in [0.1, 0.15) is 0 Å². The van der Waals surface area contributed by atoms with Crippen LogP contribution in [0.25, 0.3) is 5.52 Å². The fourth-order valence-electron chi connectivity index (χ4n) is 2.52. The number of nitrogens with one attached hydrogen (secondary N) is 1. The van der Waals surface area contributed by atoms with Crippen molar-refractivity contribution in [3.05, 3.63) is 65.7 Å². The maximum Gasteiger partial charge on any atom is 0.253 e. The van der Waals surface area contributed by atoms with Crippen LogP contribution in [0.2, 0.25) is 0 Å². The van der Waals surface area contributed by atoms with Crippen molar-refractivity contribution in [2.75, 3.05) is 5.75 Å². The first kappa shape index (κ1) is 15.6. The summed E-state index contributed by atoms with van der Waals surface area (Å²) in [6.07, 6.45) is 3.51. The molecular weight excluding hydrogens is 306 g/mol. The number of aromatic nitrogens is 2. The van der Waals surface area contributed by atoms with Crippen molar-refractivity contribution in [2.24, 2.45) is 0 Å². The molecule has 0 fully saturated rings. The summed E-state index contributed by atoms with van der Waals surface area (Å²) >= 11 is 1.81. The Morgan fingerprint density at radius 3 is 2.74 bits per heavy atom. The minimum absolute atomic E-state index is 0.0647. The molecule has 0 saturated carbocycles. The summed E-state index contributed by atoms with van der Waals surface area (Å²) in [5.74, 6) is 0.997. The third-order valence-corrected chi connectivity index (χ3v) is 4.67. The van der Waals surface area contributed by atoms with Gasteiger partial charge in [-0.1, -0.05) is 19.1 Å². The minimum atomic E-state index is -0.0647. The maximum atomic E-state index is 12.4. The quantitative estimate of drug-likeness (QED) is 0.728. The summed E-state index contributed by atoms with van der Waals surface area (Å²) < 4.78 is 1.92. The summed E-state index contributed by atoms with van der Waals surface area (Å²) in [5.41, 5.74) is 3.66. The molecule has 0 bridgehead atoms. The molecule has 1 amide bonds. The molecule has 1 N–H and O–H groups in total. The van der Waals surface area contributed by atoms with E-state index in [4.69, 9.17) is 0 Å². The van der Waals surface area contributed by atoms with Gasteiger partial charge in [-0.05, 0) is 42.5 Å². The zero-order valence-electron chi connectivity index (χ0n) is 13.2. The second kappa shape index (κ2) is 6.87. The molecule has 23 heavy (non-hydrogen) atoms. The zero-order chi connectivity index (χ0) is 16.2. The number of aryl methyl sites for hydroxylation is 1. The molecule has 0 saturated heterocycles. The van der Waals surface area contributed by atoms with Crippen molar-refractivity contribution in [1.82, 2.24) is 14.7 Å². The van der Waals surface area contributed by atoms with Gasteiger partial charge >= 0.3 is 0 Å². The van der Waals surface area contributed by atoms with Crippen molar-refractivity contribution in [3.63, 3.8) is 0 Å². The molecule has 0 atom stereocenters. The molecule has 2 heterocycles. The number of fused-ring (bicyclic) bond motifs is 1. The molecule has 0 spiro atoms. The summed E-state index contributed by atoms with van der Waals surface area (Å²) in [4.78, 5) is 17.8. The number of benzene rings is 1. The lowest BCUT2D eigenvalue weighted by Crippen LogP contribution is -2.24. The van der Waals surface area contributed by atoms with E-state index in [0.29, 0.717) is 12.1 Å².